The van der Waals surface area contributed by atoms with E-state index in [-0.39, 0.29) is 18.9 Å². The van der Waals surface area contributed by atoms with E-state index in [1.54, 1.807) is 32.9 Å². The molecule has 0 aromatic heterocycles. The van der Waals surface area contributed by atoms with Crippen LogP contribution in [0.2, 0.25) is 0 Å². The summed E-state index contributed by atoms with van der Waals surface area (Å²) in [7, 11) is -0.737. The summed E-state index contributed by atoms with van der Waals surface area (Å²) < 4.78 is 37.1. The molecule has 1 aliphatic heterocycles. The van der Waals surface area contributed by atoms with Crippen molar-refractivity contribution in [2.45, 2.75) is 65.3 Å². The number of hydrogen-bond acceptors (Lipinski definition) is 5. The molecule has 0 atom stereocenters. The number of halogens is 1. The van der Waals surface area contributed by atoms with Crippen LogP contribution < -0.4 is 15.5 Å². The Kier molecular flexibility index (Phi) is 6.11. The van der Waals surface area contributed by atoms with Crippen LogP contribution in [-0.2, 0) is 14.0 Å². The summed E-state index contributed by atoms with van der Waals surface area (Å²) in [5.74, 6) is -0.457. The molecule has 1 amide bonds. The van der Waals surface area contributed by atoms with Gasteiger partial charge in [-0.3, -0.25) is 0 Å². The maximum atomic E-state index is 14.3. The SMILES string of the molecule is CC(C)(C)OC(=O)NCCOc1c(F)cccc1B1OC(C)(C)C(C)(C)O1. The number of ether oxygens (including phenoxy) is 2. The zero-order valence-corrected chi connectivity index (χ0v) is 17.1. The topological polar surface area (TPSA) is 66.0 Å². The predicted octanol–water partition coefficient (Wildman–Crippen LogP) is 3.03. The zero-order valence-electron chi connectivity index (χ0n) is 17.1. The first kappa shape index (κ1) is 21.5. The fraction of sp³-hybridized carbons (Fsp3) is 0.632. The van der Waals surface area contributed by atoms with Gasteiger partial charge in [0.15, 0.2) is 11.6 Å². The van der Waals surface area contributed by atoms with Crippen LogP contribution in [0.3, 0.4) is 0 Å². The largest absolute Gasteiger partial charge is 0.498 e. The monoisotopic (exact) mass is 381 g/mol. The van der Waals surface area contributed by atoms with Gasteiger partial charge in [-0.05, 0) is 54.5 Å². The molecular formula is C19H29BFNO5. The van der Waals surface area contributed by atoms with Gasteiger partial charge in [-0.25, -0.2) is 9.18 Å². The van der Waals surface area contributed by atoms with Crippen molar-refractivity contribution in [3.8, 4) is 5.75 Å². The molecule has 1 saturated heterocycles. The van der Waals surface area contributed by atoms with Crippen LogP contribution in [-0.4, -0.2) is 43.2 Å². The molecule has 0 unspecified atom stereocenters. The van der Waals surface area contributed by atoms with Crippen molar-refractivity contribution in [1.29, 1.82) is 0 Å². The Morgan fingerprint density at radius 1 is 1.19 bits per heavy atom. The summed E-state index contributed by atoms with van der Waals surface area (Å²) in [6.45, 7) is 13.3. The van der Waals surface area contributed by atoms with Gasteiger partial charge in [-0.2, -0.15) is 0 Å². The van der Waals surface area contributed by atoms with E-state index < -0.39 is 35.8 Å². The second-order valence-corrected chi connectivity index (χ2v) is 8.52. The normalized spacial score (nSPS) is 18.3. The van der Waals surface area contributed by atoms with Gasteiger partial charge in [0.2, 0.25) is 0 Å². The summed E-state index contributed by atoms with van der Waals surface area (Å²) in [6.07, 6.45) is -0.550. The second-order valence-electron chi connectivity index (χ2n) is 8.52. The van der Waals surface area contributed by atoms with Crippen LogP contribution >= 0.6 is 0 Å². The first-order valence-electron chi connectivity index (χ1n) is 9.06. The van der Waals surface area contributed by atoms with Gasteiger partial charge < -0.3 is 24.1 Å². The summed E-state index contributed by atoms with van der Waals surface area (Å²) in [6, 6.07) is 4.61. The minimum Gasteiger partial charge on any atom is -0.489 e. The Labute approximate surface area is 160 Å². The highest BCUT2D eigenvalue weighted by molar-refractivity contribution is 6.63. The van der Waals surface area contributed by atoms with Gasteiger partial charge in [0.25, 0.3) is 0 Å². The number of nitrogens with one attached hydrogen (secondary N) is 1. The summed E-state index contributed by atoms with van der Waals surface area (Å²) in [5.41, 5.74) is -1.19. The van der Waals surface area contributed by atoms with E-state index in [9.17, 15) is 9.18 Å². The minimum absolute atomic E-state index is 0.0574. The van der Waals surface area contributed by atoms with E-state index in [2.05, 4.69) is 5.32 Å². The maximum Gasteiger partial charge on any atom is 0.498 e. The minimum atomic E-state index is -0.737. The fourth-order valence-corrected chi connectivity index (χ4v) is 2.45. The molecule has 2 rings (SSSR count). The van der Waals surface area contributed by atoms with Crippen molar-refractivity contribution in [1.82, 2.24) is 5.32 Å². The number of rotatable bonds is 5. The van der Waals surface area contributed by atoms with Crippen molar-refractivity contribution in [3.05, 3.63) is 24.0 Å². The molecule has 150 valence electrons. The first-order valence-corrected chi connectivity index (χ1v) is 9.06. The van der Waals surface area contributed by atoms with E-state index in [0.717, 1.165) is 0 Å². The number of para-hydroxylation sites is 1. The number of hydrogen-bond donors (Lipinski definition) is 1. The van der Waals surface area contributed by atoms with Crippen LogP contribution in [0.1, 0.15) is 48.5 Å². The average molecular weight is 381 g/mol. The number of carbonyl (C=O) groups is 1. The molecule has 1 aliphatic rings. The number of amides is 1. The van der Waals surface area contributed by atoms with Crippen LogP contribution in [0.25, 0.3) is 0 Å². The molecule has 27 heavy (non-hydrogen) atoms. The predicted molar refractivity (Wildman–Crippen MR) is 102 cm³/mol. The Morgan fingerprint density at radius 2 is 1.78 bits per heavy atom. The first-order chi connectivity index (χ1) is 12.3. The third kappa shape index (κ3) is 5.36. The molecule has 0 aliphatic carbocycles. The van der Waals surface area contributed by atoms with Gasteiger partial charge in [0, 0.05) is 5.46 Å². The summed E-state index contributed by atoms with van der Waals surface area (Å²) in [4.78, 5) is 11.7. The molecule has 0 radical (unpaired) electrons. The molecule has 6 nitrogen and oxygen atoms in total. The van der Waals surface area contributed by atoms with E-state index >= 15 is 0 Å². The molecular weight excluding hydrogens is 352 g/mol. The van der Waals surface area contributed by atoms with E-state index in [1.807, 2.05) is 27.7 Å². The number of benzene rings is 1. The molecule has 0 spiro atoms. The van der Waals surface area contributed by atoms with Crippen molar-refractivity contribution >= 4 is 18.7 Å². The van der Waals surface area contributed by atoms with Crippen molar-refractivity contribution in [2.75, 3.05) is 13.2 Å². The van der Waals surface area contributed by atoms with E-state index in [4.69, 9.17) is 18.8 Å². The van der Waals surface area contributed by atoms with Crippen LogP contribution in [0.4, 0.5) is 9.18 Å². The van der Waals surface area contributed by atoms with Crippen molar-refractivity contribution < 1.29 is 28.0 Å². The maximum absolute atomic E-state index is 14.3. The molecule has 1 N–H and O–H groups in total. The second kappa shape index (κ2) is 7.68. The molecule has 0 bridgehead atoms. The highest BCUT2D eigenvalue weighted by atomic mass is 19.1. The Balaban J connectivity index is 2.01. The van der Waals surface area contributed by atoms with Gasteiger partial charge in [0.05, 0.1) is 17.7 Å². The highest BCUT2D eigenvalue weighted by Gasteiger charge is 2.52. The third-order valence-corrected chi connectivity index (χ3v) is 4.52. The van der Waals surface area contributed by atoms with Gasteiger partial charge in [-0.1, -0.05) is 12.1 Å². The number of alkyl carbamates (subject to hydrolysis) is 1. The van der Waals surface area contributed by atoms with Crippen LogP contribution in [0.15, 0.2) is 18.2 Å². The fourth-order valence-electron chi connectivity index (χ4n) is 2.45. The zero-order chi connectivity index (χ0) is 20.5. The molecule has 0 saturated carbocycles. The van der Waals surface area contributed by atoms with Gasteiger partial charge >= 0.3 is 13.2 Å². The van der Waals surface area contributed by atoms with Crippen molar-refractivity contribution in [3.63, 3.8) is 0 Å². The summed E-state index contributed by atoms with van der Waals surface area (Å²) >= 11 is 0. The van der Waals surface area contributed by atoms with Gasteiger partial charge in [0.1, 0.15) is 12.2 Å². The lowest BCUT2D eigenvalue weighted by Gasteiger charge is -2.32. The lowest BCUT2D eigenvalue weighted by atomic mass is 9.78. The smallest absolute Gasteiger partial charge is 0.489 e. The summed E-state index contributed by atoms with van der Waals surface area (Å²) in [5, 5.41) is 2.57. The van der Waals surface area contributed by atoms with Crippen LogP contribution in [0.5, 0.6) is 5.75 Å². The molecule has 1 aromatic rings. The Hall–Kier alpha value is -1.80. The molecule has 1 fully saturated rings. The van der Waals surface area contributed by atoms with E-state index in [1.165, 1.54) is 6.07 Å². The average Bonchev–Trinajstić information content (AvgIpc) is 2.71. The molecule has 1 heterocycles. The number of carbonyl (C=O) groups excluding carboxylic acids is 1. The Morgan fingerprint density at radius 3 is 2.33 bits per heavy atom. The van der Waals surface area contributed by atoms with E-state index in [0.29, 0.717) is 5.46 Å². The van der Waals surface area contributed by atoms with Gasteiger partial charge in [-0.15, -0.1) is 0 Å². The standard InChI is InChI=1S/C19H29BFNO5/c1-17(2,3)25-16(23)22-11-12-24-15-13(9-8-10-14(15)21)20-26-18(4,5)19(6,7)27-20/h8-10H,11-12H2,1-7H3,(H,22,23). The van der Waals surface area contributed by atoms with Crippen LogP contribution in [0, 0.1) is 5.82 Å². The quantitative estimate of drug-likeness (QED) is 0.628. The van der Waals surface area contributed by atoms with Crippen molar-refractivity contribution in [2.24, 2.45) is 0 Å². The highest BCUT2D eigenvalue weighted by Crippen LogP contribution is 2.37. The Bertz CT molecular complexity index is 671. The third-order valence-electron chi connectivity index (χ3n) is 4.52. The lowest BCUT2D eigenvalue weighted by molar-refractivity contribution is 0.00578. The molecule has 8 heteroatoms. The lowest BCUT2D eigenvalue weighted by Crippen LogP contribution is -2.41. The molecule has 1 aromatic carbocycles.